The van der Waals surface area contributed by atoms with Crippen LogP contribution in [0.5, 0.6) is 17.2 Å². The second-order valence-corrected chi connectivity index (χ2v) is 5.74. The number of carbonyl (C=O) groups excluding carboxylic acids is 1. The lowest BCUT2D eigenvalue weighted by Gasteiger charge is -2.16. The Kier molecular flexibility index (Phi) is 4.97. The number of benzene rings is 2. The molecule has 1 heterocycles. The molecule has 0 bridgehead atoms. The van der Waals surface area contributed by atoms with Gasteiger partial charge in [-0.05, 0) is 19.1 Å². The summed E-state index contributed by atoms with van der Waals surface area (Å²) in [6.45, 7) is 1.86. The number of fused-ring (bicyclic) bond motifs is 1. The first-order valence-electron chi connectivity index (χ1n) is 8.13. The summed E-state index contributed by atoms with van der Waals surface area (Å²) in [7, 11) is 4.55. The van der Waals surface area contributed by atoms with Crippen LogP contribution in [0.4, 0.5) is 0 Å². The van der Waals surface area contributed by atoms with E-state index in [9.17, 15) is 4.79 Å². The van der Waals surface area contributed by atoms with Crippen LogP contribution in [0.1, 0.15) is 29.1 Å². The van der Waals surface area contributed by atoms with E-state index in [1.165, 1.54) is 21.3 Å². The van der Waals surface area contributed by atoms with Crippen LogP contribution in [-0.4, -0.2) is 37.2 Å². The van der Waals surface area contributed by atoms with Gasteiger partial charge in [0.25, 0.3) is 5.91 Å². The average molecular weight is 355 g/mol. The number of aromatic amines is 1. The van der Waals surface area contributed by atoms with Gasteiger partial charge in [0.15, 0.2) is 11.5 Å². The second kappa shape index (κ2) is 7.35. The lowest BCUT2D eigenvalue weighted by molar-refractivity contribution is 0.0935. The van der Waals surface area contributed by atoms with Crippen molar-refractivity contribution in [3.05, 3.63) is 47.8 Å². The van der Waals surface area contributed by atoms with E-state index in [2.05, 4.69) is 15.3 Å². The normalized spacial score (nSPS) is 11.8. The topological polar surface area (TPSA) is 85.5 Å². The molecule has 0 aliphatic rings. The molecule has 26 heavy (non-hydrogen) atoms. The molecule has 3 aromatic rings. The fourth-order valence-corrected chi connectivity index (χ4v) is 2.73. The van der Waals surface area contributed by atoms with Crippen LogP contribution < -0.4 is 19.5 Å². The maximum atomic E-state index is 12.8. The quantitative estimate of drug-likeness (QED) is 0.710. The number of carbonyl (C=O) groups is 1. The summed E-state index contributed by atoms with van der Waals surface area (Å²) in [6, 6.07) is 10.6. The van der Waals surface area contributed by atoms with Crippen molar-refractivity contribution in [2.45, 2.75) is 13.0 Å². The van der Waals surface area contributed by atoms with Gasteiger partial charge >= 0.3 is 0 Å². The monoisotopic (exact) mass is 355 g/mol. The zero-order chi connectivity index (χ0) is 18.7. The highest BCUT2D eigenvalue weighted by Gasteiger charge is 2.20. The maximum absolute atomic E-state index is 12.8. The Morgan fingerprint density at radius 2 is 1.69 bits per heavy atom. The van der Waals surface area contributed by atoms with Gasteiger partial charge in [-0.2, -0.15) is 0 Å². The summed E-state index contributed by atoms with van der Waals surface area (Å²) in [4.78, 5) is 20.5. The van der Waals surface area contributed by atoms with Crippen molar-refractivity contribution in [3.63, 3.8) is 0 Å². The summed E-state index contributed by atoms with van der Waals surface area (Å²) < 4.78 is 15.8. The lowest BCUT2D eigenvalue weighted by atomic mass is 10.1. The molecule has 3 rings (SSSR count). The third kappa shape index (κ3) is 3.28. The molecule has 1 atom stereocenters. The Hall–Kier alpha value is -3.22. The number of nitrogens with zero attached hydrogens (tertiary/aromatic N) is 1. The summed E-state index contributed by atoms with van der Waals surface area (Å²) >= 11 is 0. The van der Waals surface area contributed by atoms with Gasteiger partial charge in [-0.15, -0.1) is 0 Å². The highest BCUT2D eigenvalue weighted by molar-refractivity contribution is 5.98. The minimum absolute atomic E-state index is 0.296. The molecular formula is C19H21N3O4. The first kappa shape index (κ1) is 17.6. The smallest absolute Gasteiger partial charge is 0.255 e. The van der Waals surface area contributed by atoms with E-state index in [4.69, 9.17) is 14.2 Å². The van der Waals surface area contributed by atoms with Gasteiger partial charge in [0.05, 0.1) is 44.0 Å². The number of imidazole rings is 1. The van der Waals surface area contributed by atoms with Crippen molar-refractivity contribution in [2.24, 2.45) is 0 Å². The van der Waals surface area contributed by atoms with Gasteiger partial charge in [-0.3, -0.25) is 4.79 Å². The van der Waals surface area contributed by atoms with E-state index in [-0.39, 0.29) is 11.9 Å². The number of hydrogen-bond donors (Lipinski definition) is 2. The standard InChI is InChI=1S/C19H21N3O4/c1-11(18-21-13-7-5-6-8-14(13)22-18)20-19(23)12-9-16(25-3)17(26-4)10-15(12)24-2/h5-11H,1-4H3,(H,20,23)(H,21,22). The van der Waals surface area contributed by atoms with Gasteiger partial charge in [0.1, 0.15) is 11.6 Å². The lowest BCUT2D eigenvalue weighted by Crippen LogP contribution is -2.27. The highest BCUT2D eigenvalue weighted by atomic mass is 16.5. The molecule has 0 fully saturated rings. The zero-order valence-electron chi connectivity index (χ0n) is 15.1. The van der Waals surface area contributed by atoms with Crippen molar-refractivity contribution in [2.75, 3.05) is 21.3 Å². The van der Waals surface area contributed by atoms with Crippen molar-refractivity contribution >= 4 is 16.9 Å². The molecule has 0 spiro atoms. The summed E-state index contributed by atoms with van der Waals surface area (Å²) in [5, 5.41) is 2.93. The van der Waals surface area contributed by atoms with Crippen molar-refractivity contribution < 1.29 is 19.0 Å². The number of rotatable bonds is 6. The summed E-state index contributed by atoms with van der Waals surface area (Å²) in [6.07, 6.45) is 0. The number of nitrogens with one attached hydrogen (secondary N) is 2. The Balaban J connectivity index is 1.86. The van der Waals surface area contributed by atoms with Crippen LogP contribution in [-0.2, 0) is 0 Å². The third-order valence-corrected chi connectivity index (χ3v) is 4.12. The average Bonchev–Trinajstić information content (AvgIpc) is 3.11. The number of methoxy groups -OCH3 is 3. The fraction of sp³-hybridized carbons (Fsp3) is 0.263. The molecule has 7 nitrogen and oxygen atoms in total. The van der Waals surface area contributed by atoms with E-state index in [1.807, 2.05) is 31.2 Å². The first-order valence-corrected chi connectivity index (χ1v) is 8.13. The van der Waals surface area contributed by atoms with Gasteiger partial charge in [0, 0.05) is 12.1 Å². The van der Waals surface area contributed by atoms with Crippen molar-refractivity contribution in [1.29, 1.82) is 0 Å². The molecule has 1 amide bonds. The van der Waals surface area contributed by atoms with E-state index in [0.29, 0.717) is 28.6 Å². The molecule has 0 aliphatic heterocycles. The van der Waals surface area contributed by atoms with Crippen molar-refractivity contribution in [1.82, 2.24) is 15.3 Å². The number of para-hydroxylation sites is 2. The number of aromatic nitrogens is 2. The van der Waals surface area contributed by atoms with Gasteiger partial charge in [0.2, 0.25) is 0 Å². The third-order valence-electron chi connectivity index (χ3n) is 4.12. The number of amides is 1. The Bertz CT molecular complexity index is 903. The molecule has 1 unspecified atom stereocenters. The highest BCUT2D eigenvalue weighted by Crippen LogP contribution is 2.34. The summed E-state index contributed by atoms with van der Waals surface area (Å²) in [5.74, 6) is 1.73. The summed E-state index contributed by atoms with van der Waals surface area (Å²) in [5.41, 5.74) is 2.13. The Labute approximate surface area is 151 Å². The SMILES string of the molecule is COc1cc(OC)c(C(=O)NC(C)c2nc3ccccc3[nH]2)cc1OC. The van der Waals surface area contributed by atoms with E-state index in [0.717, 1.165) is 11.0 Å². The second-order valence-electron chi connectivity index (χ2n) is 5.74. The van der Waals surface area contributed by atoms with E-state index >= 15 is 0 Å². The van der Waals surface area contributed by atoms with E-state index in [1.54, 1.807) is 12.1 Å². The maximum Gasteiger partial charge on any atom is 0.255 e. The largest absolute Gasteiger partial charge is 0.496 e. The number of hydrogen-bond acceptors (Lipinski definition) is 5. The molecule has 0 aliphatic carbocycles. The van der Waals surface area contributed by atoms with Crippen LogP contribution in [0.15, 0.2) is 36.4 Å². The first-order chi connectivity index (χ1) is 12.6. The molecule has 1 aromatic heterocycles. The number of ether oxygens (including phenoxy) is 3. The molecular weight excluding hydrogens is 334 g/mol. The molecule has 0 saturated heterocycles. The van der Waals surface area contributed by atoms with Gasteiger partial charge < -0.3 is 24.5 Å². The minimum Gasteiger partial charge on any atom is -0.496 e. The van der Waals surface area contributed by atoms with Gasteiger partial charge in [-0.1, -0.05) is 12.1 Å². The van der Waals surface area contributed by atoms with Crippen LogP contribution in [0.25, 0.3) is 11.0 Å². The van der Waals surface area contributed by atoms with Crippen molar-refractivity contribution in [3.8, 4) is 17.2 Å². The molecule has 136 valence electrons. The predicted octanol–water partition coefficient (Wildman–Crippen LogP) is 3.08. The van der Waals surface area contributed by atoms with Crippen LogP contribution in [0, 0.1) is 0 Å². The minimum atomic E-state index is -0.312. The molecule has 0 radical (unpaired) electrons. The molecule has 0 saturated carbocycles. The predicted molar refractivity (Wildman–Crippen MR) is 98.1 cm³/mol. The molecule has 2 N–H and O–H groups in total. The van der Waals surface area contributed by atoms with Crippen LogP contribution in [0.2, 0.25) is 0 Å². The fourth-order valence-electron chi connectivity index (χ4n) is 2.73. The molecule has 7 heteroatoms. The molecule has 2 aromatic carbocycles. The zero-order valence-corrected chi connectivity index (χ0v) is 15.1. The Morgan fingerprint density at radius 1 is 1.04 bits per heavy atom. The Morgan fingerprint density at radius 3 is 2.35 bits per heavy atom. The van der Waals surface area contributed by atoms with Crippen LogP contribution in [0.3, 0.4) is 0 Å². The van der Waals surface area contributed by atoms with E-state index < -0.39 is 0 Å². The van der Waals surface area contributed by atoms with Crippen LogP contribution >= 0.6 is 0 Å². The van der Waals surface area contributed by atoms with Gasteiger partial charge in [-0.25, -0.2) is 4.98 Å². The number of H-pyrrole nitrogens is 1.